The minimum Gasteiger partial charge on any atom is -0.377 e. The molecule has 1 aliphatic heterocycles. The van der Waals surface area contributed by atoms with Gasteiger partial charge in [-0.15, -0.1) is 0 Å². The van der Waals surface area contributed by atoms with Crippen LogP contribution in [0.1, 0.15) is 34.1 Å². The van der Waals surface area contributed by atoms with Gasteiger partial charge in [0.15, 0.2) is 0 Å². The summed E-state index contributed by atoms with van der Waals surface area (Å²) < 4.78 is 5.88. The fourth-order valence-corrected chi connectivity index (χ4v) is 1.98. The van der Waals surface area contributed by atoms with Gasteiger partial charge in [0.05, 0.1) is 12.7 Å². The first-order valence-corrected chi connectivity index (χ1v) is 5.41. The lowest BCUT2D eigenvalue weighted by Gasteiger charge is -2.29. The molecule has 1 heteroatoms. The van der Waals surface area contributed by atoms with Crippen LogP contribution in [0.3, 0.4) is 0 Å². The first kappa shape index (κ1) is 10.8. The summed E-state index contributed by atoms with van der Waals surface area (Å²) in [5, 5.41) is 0. The van der Waals surface area contributed by atoms with Crippen LogP contribution in [-0.4, -0.2) is 12.7 Å². The van der Waals surface area contributed by atoms with Crippen LogP contribution in [0.2, 0.25) is 0 Å². The number of ether oxygens (including phenoxy) is 1. The number of hydrogen-bond acceptors (Lipinski definition) is 1. The smallest absolute Gasteiger partial charge is 0.0663 e. The van der Waals surface area contributed by atoms with Crippen molar-refractivity contribution in [2.75, 3.05) is 6.61 Å². The van der Waals surface area contributed by atoms with Crippen molar-refractivity contribution >= 4 is 0 Å². The fourth-order valence-electron chi connectivity index (χ4n) is 1.98. The highest BCUT2D eigenvalue weighted by Gasteiger charge is 2.26. The van der Waals surface area contributed by atoms with Crippen molar-refractivity contribution < 1.29 is 4.74 Å². The van der Waals surface area contributed by atoms with Gasteiger partial charge in [-0.3, -0.25) is 0 Å². The molecule has 0 aromatic heterocycles. The Bertz CT molecular complexity index is 170. The molecule has 1 aliphatic rings. The van der Waals surface area contributed by atoms with Gasteiger partial charge < -0.3 is 4.74 Å². The summed E-state index contributed by atoms with van der Waals surface area (Å²) in [6.07, 6.45) is 6.11. The zero-order valence-corrected chi connectivity index (χ0v) is 9.29. The topological polar surface area (TPSA) is 9.23 Å². The molecule has 0 bridgehead atoms. The van der Waals surface area contributed by atoms with Gasteiger partial charge in [0.2, 0.25) is 0 Å². The summed E-state index contributed by atoms with van der Waals surface area (Å²) in [7, 11) is 0. The van der Waals surface area contributed by atoms with Gasteiger partial charge in [0, 0.05) is 5.92 Å². The maximum atomic E-state index is 5.88. The number of rotatable bonds is 2. The monoisotopic (exact) mass is 182 g/mol. The SMILES string of the molecule is CC(C)C1C=CCCOC1C(C)C. The Labute approximate surface area is 82.2 Å². The molecule has 0 amide bonds. The molecule has 0 saturated carbocycles. The van der Waals surface area contributed by atoms with Crippen molar-refractivity contribution in [3.05, 3.63) is 12.2 Å². The van der Waals surface area contributed by atoms with E-state index in [0.717, 1.165) is 13.0 Å². The molecule has 0 aromatic rings. The van der Waals surface area contributed by atoms with Gasteiger partial charge in [-0.2, -0.15) is 0 Å². The maximum absolute atomic E-state index is 5.88. The molecule has 76 valence electrons. The van der Waals surface area contributed by atoms with Gasteiger partial charge in [-0.25, -0.2) is 0 Å². The van der Waals surface area contributed by atoms with Gasteiger partial charge in [-0.05, 0) is 18.3 Å². The molecular weight excluding hydrogens is 160 g/mol. The Morgan fingerprint density at radius 3 is 2.38 bits per heavy atom. The highest BCUT2D eigenvalue weighted by atomic mass is 16.5. The Morgan fingerprint density at radius 2 is 1.85 bits per heavy atom. The van der Waals surface area contributed by atoms with Crippen LogP contribution in [0, 0.1) is 17.8 Å². The van der Waals surface area contributed by atoms with E-state index in [0.29, 0.717) is 23.9 Å². The normalized spacial score (nSPS) is 29.7. The van der Waals surface area contributed by atoms with E-state index in [9.17, 15) is 0 Å². The van der Waals surface area contributed by atoms with Gasteiger partial charge >= 0.3 is 0 Å². The highest BCUT2D eigenvalue weighted by molar-refractivity contribution is 4.96. The number of hydrogen-bond donors (Lipinski definition) is 0. The predicted octanol–water partition coefficient (Wildman–Crippen LogP) is 3.26. The zero-order chi connectivity index (χ0) is 9.84. The van der Waals surface area contributed by atoms with Gasteiger partial charge in [-0.1, -0.05) is 39.8 Å². The highest BCUT2D eigenvalue weighted by Crippen LogP contribution is 2.27. The average molecular weight is 182 g/mol. The molecule has 13 heavy (non-hydrogen) atoms. The molecule has 0 radical (unpaired) electrons. The van der Waals surface area contributed by atoms with E-state index in [2.05, 4.69) is 39.8 Å². The Hall–Kier alpha value is -0.300. The van der Waals surface area contributed by atoms with E-state index in [1.165, 1.54) is 0 Å². The van der Waals surface area contributed by atoms with E-state index in [1.54, 1.807) is 0 Å². The van der Waals surface area contributed by atoms with Crippen molar-refractivity contribution in [2.24, 2.45) is 17.8 Å². The van der Waals surface area contributed by atoms with Crippen molar-refractivity contribution in [3.63, 3.8) is 0 Å². The molecule has 2 unspecified atom stereocenters. The lowest BCUT2D eigenvalue weighted by Crippen LogP contribution is -2.30. The lowest BCUT2D eigenvalue weighted by molar-refractivity contribution is -0.00968. The second-order valence-electron chi connectivity index (χ2n) is 4.62. The molecule has 1 heterocycles. The van der Waals surface area contributed by atoms with Crippen LogP contribution in [0.15, 0.2) is 12.2 Å². The summed E-state index contributed by atoms with van der Waals surface area (Å²) in [6.45, 7) is 9.94. The minimum absolute atomic E-state index is 0.416. The third-order valence-electron chi connectivity index (χ3n) is 2.76. The summed E-state index contributed by atoms with van der Waals surface area (Å²) >= 11 is 0. The largest absolute Gasteiger partial charge is 0.377 e. The van der Waals surface area contributed by atoms with E-state index in [1.807, 2.05) is 0 Å². The average Bonchev–Trinajstić information content (AvgIpc) is 2.27. The molecular formula is C12H22O. The van der Waals surface area contributed by atoms with Crippen molar-refractivity contribution in [1.29, 1.82) is 0 Å². The van der Waals surface area contributed by atoms with Crippen molar-refractivity contribution in [2.45, 2.75) is 40.2 Å². The quantitative estimate of drug-likeness (QED) is 0.596. The van der Waals surface area contributed by atoms with Crippen LogP contribution >= 0.6 is 0 Å². The fraction of sp³-hybridized carbons (Fsp3) is 0.833. The second kappa shape index (κ2) is 4.80. The Morgan fingerprint density at radius 1 is 1.15 bits per heavy atom. The molecule has 0 saturated heterocycles. The second-order valence-corrected chi connectivity index (χ2v) is 4.62. The van der Waals surface area contributed by atoms with Crippen LogP contribution < -0.4 is 0 Å². The van der Waals surface area contributed by atoms with Crippen LogP contribution in [-0.2, 0) is 4.74 Å². The maximum Gasteiger partial charge on any atom is 0.0663 e. The molecule has 2 atom stereocenters. The Kier molecular flexibility index (Phi) is 3.98. The summed E-state index contributed by atoms with van der Waals surface area (Å²) in [6, 6.07) is 0. The molecule has 1 nitrogen and oxygen atoms in total. The lowest BCUT2D eigenvalue weighted by atomic mass is 9.84. The summed E-state index contributed by atoms with van der Waals surface area (Å²) in [5.41, 5.74) is 0. The predicted molar refractivity (Wildman–Crippen MR) is 56.7 cm³/mol. The third kappa shape index (κ3) is 2.84. The first-order chi connectivity index (χ1) is 6.13. The summed E-state index contributed by atoms with van der Waals surface area (Å²) in [5.74, 6) is 1.90. The van der Waals surface area contributed by atoms with Crippen LogP contribution in [0.25, 0.3) is 0 Å². The standard InChI is InChI=1S/C12H22O/c1-9(2)11-7-5-6-8-13-12(11)10(3)4/h5,7,9-12H,6,8H2,1-4H3. The van der Waals surface area contributed by atoms with E-state index in [4.69, 9.17) is 4.74 Å². The molecule has 0 aromatic carbocycles. The van der Waals surface area contributed by atoms with Crippen molar-refractivity contribution in [3.8, 4) is 0 Å². The van der Waals surface area contributed by atoms with Crippen LogP contribution in [0.4, 0.5) is 0 Å². The Balaban J connectivity index is 2.70. The molecule has 1 rings (SSSR count). The van der Waals surface area contributed by atoms with Crippen molar-refractivity contribution in [1.82, 2.24) is 0 Å². The summed E-state index contributed by atoms with van der Waals surface area (Å²) in [4.78, 5) is 0. The molecule has 0 fully saturated rings. The van der Waals surface area contributed by atoms with E-state index >= 15 is 0 Å². The molecule has 0 aliphatic carbocycles. The van der Waals surface area contributed by atoms with Gasteiger partial charge in [0.1, 0.15) is 0 Å². The first-order valence-electron chi connectivity index (χ1n) is 5.41. The minimum atomic E-state index is 0.416. The van der Waals surface area contributed by atoms with E-state index in [-0.39, 0.29) is 0 Å². The van der Waals surface area contributed by atoms with E-state index < -0.39 is 0 Å². The third-order valence-corrected chi connectivity index (χ3v) is 2.76. The van der Waals surface area contributed by atoms with Crippen LogP contribution in [0.5, 0.6) is 0 Å². The molecule has 0 N–H and O–H groups in total. The molecule has 0 spiro atoms. The zero-order valence-electron chi connectivity index (χ0n) is 9.29. The van der Waals surface area contributed by atoms with Gasteiger partial charge in [0.25, 0.3) is 0 Å².